The van der Waals surface area contributed by atoms with Gasteiger partial charge in [0, 0.05) is 36.6 Å². The number of nitrogens with one attached hydrogen (secondary N) is 1. The van der Waals surface area contributed by atoms with E-state index in [2.05, 4.69) is 53.4 Å². The second-order valence-corrected chi connectivity index (χ2v) is 5.87. The van der Waals surface area contributed by atoms with E-state index >= 15 is 0 Å². The lowest BCUT2D eigenvalue weighted by Crippen LogP contribution is -2.30. The van der Waals surface area contributed by atoms with Crippen LogP contribution in [0.4, 0.5) is 0 Å². The van der Waals surface area contributed by atoms with Crippen LogP contribution >= 0.6 is 0 Å². The molecule has 3 nitrogen and oxygen atoms in total. The highest BCUT2D eigenvalue weighted by Gasteiger charge is 2.08. The van der Waals surface area contributed by atoms with E-state index in [-0.39, 0.29) is 0 Å². The number of hydrogen-bond acceptors (Lipinski definition) is 3. The van der Waals surface area contributed by atoms with Crippen LogP contribution in [0.15, 0.2) is 36.5 Å². The first kappa shape index (κ1) is 16.6. The summed E-state index contributed by atoms with van der Waals surface area (Å²) in [5.74, 6) is 0. The van der Waals surface area contributed by atoms with E-state index in [1.54, 1.807) is 0 Å². The minimum atomic E-state index is 0.437. The molecule has 118 valence electrons. The number of aromatic nitrogens is 2. The first-order chi connectivity index (χ1) is 10.7. The molecule has 0 aliphatic heterocycles. The van der Waals surface area contributed by atoms with Gasteiger partial charge in [0.15, 0.2) is 0 Å². The number of nitrogens with zero attached hydrogens (tertiary/aromatic N) is 2. The Balaban J connectivity index is 1.88. The van der Waals surface area contributed by atoms with Crippen molar-refractivity contribution in [2.75, 3.05) is 0 Å². The molecule has 2 rings (SSSR count). The van der Waals surface area contributed by atoms with E-state index in [1.807, 2.05) is 19.2 Å². The molecule has 0 saturated carbocycles. The summed E-state index contributed by atoms with van der Waals surface area (Å²) in [4.78, 5) is 9.14. The number of hydrogen-bond donors (Lipinski definition) is 1. The van der Waals surface area contributed by atoms with Gasteiger partial charge in [0.2, 0.25) is 0 Å². The van der Waals surface area contributed by atoms with Crippen molar-refractivity contribution in [3.8, 4) is 0 Å². The summed E-state index contributed by atoms with van der Waals surface area (Å²) in [7, 11) is 0. The lowest BCUT2D eigenvalue weighted by molar-refractivity contribution is 0.486. The summed E-state index contributed by atoms with van der Waals surface area (Å²) in [6.07, 6.45) is 6.36. The molecule has 1 atom stereocenters. The zero-order valence-corrected chi connectivity index (χ0v) is 14.0. The fourth-order valence-corrected chi connectivity index (χ4v) is 2.57. The van der Waals surface area contributed by atoms with Crippen LogP contribution in [0.2, 0.25) is 0 Å². The molecular formula is C19H27N3. The molecule has 2 aromatic heterocycles. The van der Waals surface area contributed by atoms with E-state index in [0.717, 1.165) is 42.9 Å². The standard InChI is InChI=1S/C19H27N3/c1-4-7-16-10-11-18(20-13-16)12-17(5-2)21-14-19-9-6-8-15(3)22-19/h6,8-11,13,17,21H,4-5,7,12,14H2,1-3H3. The molecule has 22 heavy (non-hydrogen) atoms. The van der Waals surface area contributed by atoms with Gasteiger partial charge in [-0.25, -0.2) is 0 Å². The number of rotatable bonds is 8. The molecule has 1 unspecified atom stereocenters. The van der Waals surface area contributed by atoms with Crippen LogP contribution in [0.25, 0.3) is 0 Å². The van der Waals surface area contributed by atoms with Gasteiger partial charge in [0.1, 0.15) is 0 Å². The van der Waals surface area contributed by atoms with E-state index in [1.165, 1.54) is 12.0 Å². The maximum atomic E-state index is 4.60. The lowest BCUT2D eigenvalue weighted by Gasteiger charge is -2.16. The average Bonchev–Trinajstić information content (AvgIpc) is 2.53. The van der Waals surface area contributed by atoms with Crippen LogP contribution in [0, 0.1) is 6.92 Å². The Kier molecular flexibility index (Phi) is 6.53. The number of aryl methyl sites for hydroxylation is 2. The summed E-state index contributed by atoms with van der Waals surface area (Å²) < 4.78 is 0. The van der Waals surface area contributed by atoms with Crippen molar-refractivity contribution in [2.45, 2.75) is 59.0 Å². The third-order valence-electron chi connectivity index (χ3n) is 3.89. The fourth-order valence-electron chi connectivity index (χ4n) is 2.57. The lowest BCUT2D eigenvalue weighted by atomic mass is 10.1. The molecule has 0 aromatic carbocycles. The minimum Gasteiger partial charge on any atom is -0.308 e. The Hall–Kier alpha value is -1.74. The van der Waals surface area contributed by atoms with E-state index in [4.69, 9.17) is 0 Å². The van der Waals surface area contributed by atoms with E-state index < -0.39 is 0 Å². The second kappa shape index (κ2) is 8.64. The molecule has 0 amide bonds. The molecule has 2 aromatic rings. The van der Waals surface area contributed by atoms with Crippen LogP contribution in [0.3, 0.4) is 0 Å². The van der Waals surface area contributed by atoms with Gasteiger partial charge in [-0.15, -0.1) is 0 Å². The molecule has 1 N–H and O–H groups in total. The van der Waals surface area contributed by atoms with Crippen molar-refractivity contribution in [1.29, 1.82) is 0 Å². The summed E-state index contributed by atoms with van der Waals surface area (Å²) in [6.45, 7) is 7.26. The Morgan fingerprint density at radius 1 is 1.09 bits per heavy atom. The molecule has 0 fully saturated rings. The van der Waals surface area contributed by atoms with Gasteiger partial charge in [-0.3, -0.25) is 9.97 Å². The van der Waals surface area contributed by atoms with Crippen molar-refractivity contribution < 1.29 is 0 Å². The van der Waals surface area contributed by atoms with Gasteiger partial charge in [-0.2, -0.15) is 0 Å². The Morgan fingerprint density at radius 2 is 1.95 bits per heavy atom. The summed E-state index contributed by atoms with van der Waals surface area (Å²) >= 11 is 0. The normalized spacial score (nSPS) is 12.3. The summed E-state index contributed by atoms with van der Waals surface area (Å²) in [5, 5.41) is 3.60. The third-order valence-corrected chi connectivity index (χ3v) is 3.89. The van der Waals surface area contributed by atoms with Crippen molar-refractivity contribution in [3.63, 3.8) is 0 Å². The van der Waals surface area contributed by atoms with Crippen molar-refractivity contribution in [2.24, 2.45) is 0 Å². The molecule has 0 spiro atoms. The molecule has 0 saturated heterocycles. The van der Waals surface area contributed by atoms with Crippen molar-refractivity contribution in [1.82, 2.24) is 15.3 Å². The topological polar surface area (TPSA) is 37.8 Å². The first-order valence-electron chi connectivity index (χ1n) is 8.31. The van der Waals surface area contributed by atoms with E-state index in [9.17, 15) is 0 Å². The van der Waals surface area contributed by atoms with Crippen molar-refractivity contribution >= 4 is 0 Å². The minimum absolute atomic E-state index is 0.437. The smallest absolute Gasteiger partial charge is 0.0544 e. The third kappa shape index (κ3) is 5.23. The van der Waals surface area contributed by atoms with Gasteiger partial charge < -0.3 is 5.32 Å². The molecule has 0 bridgehead atoms. The molecule has 0 aliphatic rings. The van der Waals surface area contributed by atoms with Crippen LogP contribution < -0.4 is 5.32 Å². The van der Waals surface area contributed by atoms with E-state index in [0.29, 0.717) is 6.04 Å². The molecule has 2 heterocycles. The highest BCUT2D eigenvalue weighted by atomic mass is 14.9. The van der Waals surface area contributed by atoms with Gasteiger partial charge in [0.05, 0.1) is 5.69 Å². The Morgan fingerprint density at radius 3 is 2.59 bits per heavy atom. The average molecular weight is 297 g/mol. The zero-order valence-electron chi connectivity index (χ0n) is 14.0. The second-order valence-electron chi connectivity index (χ2n) is 5.87. The number of pyridine rings is 2. The molecular weight excluding hydrogens is 270 g/mol. The van der Waals surface area contributed by atoms with Gasteiger partial charge >= 0.3 is 0 Å². The van der Waals surface area contributed by atoms with Gasteiger partial charge in [-0.05, 0) is 43.5 Å². The monoisotopic (exact) mass is 297 g/mol. The molecule has 0 radical (unpaired) electrons. The predicted octanol–water partition coefficient (Wildman–Crippen LogP) is 3.85. The van der Waals surface area contributed by atoms with Crippen LogP contribution in [-0.2, 0) is 19.4 Å². The maximum absolute atomic E-state index is 4.60. The highest BCUT2D eigenvalue weighted by molar-refractivity contribution is 5.15. The summed E-state index contributed by atoms with van der Waals surface area (Å²) in [6, 6.07) is 11.0. The quantitative estimate of drug-likeness (QED) is 0.804. The Labute approximate surface area is 134 Å². The summed E-state index contributed by atoms with van der Waals surface area (Å²) in [5.41, 5.74) is 4.66. The van der Waals surface area contributed by atoms with Gasteiger partial charge in [0.25, 0.3) is 0 Å². The molecule has 3 heteroatoms. The molecule has 0 aliphatic carbocycles. The van der Waals surface area contributed by atoms with Crippen LogP contribution in [-0.4, -0.2) is 16.0 Å². The van der Waals surface area contributed by atoms with Crippen LogP contribution in [0.5, 0.6) is 0 Å². The fraction of sp³-hybridized carbons (Fsp3) is 0.474. The predicted molar refractivity (Wildman–Crippen MR) is 91.8 cm³/mol. The maximum Gasteiger partial charge on any atom is 0.0544 e. The van der Waals surface area contributed by atoms with Crippen molar-refractivity contribution in [3.05, 3.63) is 59.2 Å². The largest absolute Gasteiger partial charge is 0.308 e. The SMILES string of the molecule is CCCc1ccc(CC(CC)NCc2cccc(C)n2)nc1. The highest BCUT2D eigenvalue weighted by Crippen LogP contribution is 2.08. The zero-order chi connectivity index (χ0) is 15.8. The Bertz CT molecular complexity index is 563. The van der Waals surface area contributed by atoms with Gasteiger partial charge in [-0.1, -0.05) is 32.4 Å². The van der Waals surface area contributed by atoms with Crippen LogP contribution in [0.1, 0.15) is 49.3 Å². The first-order valence-corrected chi connectivity index (χ1v) is 8.31.